The summed E-state index contributed by atoms with van der Waals surface area (Å²) in [6.45, 7) is 1.73. The van der Waals surface area contributed by atoms with E-state index in [1.54, 1.807) is 53.9 Å². The molecular weight excluding hydrogens is 478 g/mol. The van der Waals surface area contributed by atoms with Crippen LogP contribution >= 0.6 is 0 Å². The minimum absolute atomic E-state index is 0.00180. The summed E-state index contributed by atoms with van der Waals surface area (Å²) in [6, 6.07) is 11.1. The molecule has 4 aromatic rings. The van der Waals surface area contributed by atoms with E-state index >= 15 is 0 Å². The average molecular weight is 504 g/mol. The highest BCUT2D eigenvalue weighted by Gasteiger charge is 2.47. The number of furan rings is 1. The van der Waals surface area contributed by atoms with E-state index in [-0.39, 0.29) is 17.9 Å². The highest BCUT2D eigenvalue weighted by molar-refractivity contribution is 6.46. The number of methoxy groups -OCH3 is 3. The van der Waals surface area contributed by atoms with Crippen molar-refractivity contribution in [2.45, 2.75) is 19.5 Å². The third-order valence-corrected chi connectivity index (χ3v) is 6.38. The van der Waals surface area contributed by atoms with E-state index in [0.29, 0.717) is 45.6 Å². The largest absolute Gasteiger partial charge is 0.505 e. The smallest absolute Gasteiger partial charge is 0.296 e. The zero-order valence-corrected chi connectivity index (χ0v) is 20.7. The highest BCUT2D eigenvalue weighted by atomic mass is 16.5. The van der Waals surface area contributed by atoms with Crippen LogP contribution in [0, 0.1) is 6.92 Å². The molecule has 1 aliphatic rings. The van der Waals surface area contributed by atoms with E-state index in [2.05, 4.69) is 4.98 Å². The molecule has 5 rings (SSSR count). The number of pyridine rings is 1. The number of aliphatic hydroxyl groups is 1. The molecule has 0 saturated carbocycles. The SMILES string of the molecule is COc1cc(C2/C(=C(\O)c3c(C)nc4ccccn34)C(=O)C(=O)N2Cc2ccco2)cc(OC)c1OC. The van der Waals surface area contributed by atoms with Crippen molar-refractivity contribution in [3.8, 4) is 17.2 Å². The number of benzene rings is 1. The molecule has 1 unspecified atom stereocenters. The summed E-state index contributed by atoms with van der Waals surface area (Å²) in [5, 5.41) is 11.6. The Morgan fingerprint density at radius 1 is 1.05 bits per heavy atom. The molecule has 1 atom stereocenters. The lowest BCUT2D eigenvalue weighted by molar-refractivity contribution is -0.140. The first-order valence-corrected chi connectivity index (χ1v) is 11.4. The summed E-state index contributed by atoms with van der Waals surface area (Å²) < 4.78 is 23.6. The molecule has 1 saturated heterocycles. The maximum Gasteiger partial charge on any atom is 0.296 e. The first-order chi connectivity index (χ1) is 17.9. The number of likely N-dealkylation sites (tertiary alicyclic amines) is 1. The van der Waals surface area contributed by atoms with Crippen molar-refractivity contribution in [2.75, 3.05) is 21.3 Å². The van der Waals surface area contributed by atoms with Crippen molar-refractivity contribution in [3.05, 3.63) is 83.2 Å². The fourth-order valence-corrected chi connectivity index (χ4v) is 4.75. The van der Waals surface area contributed by atoms with Crippen molar-refractivity contribution >= 4 is 23.1 Å². The van der Waals surface area contributed by atoms with E-state index < -0.39 is 17.7 Å². The summed E-state index contributed by atoms with van der Waals surface area (Å²) >= 11 is 0. The number of amides is 1. The lowest BCUT2D eigenvalue weighted by Gasteiger charge is -2.26. The van der Waals surface area contributed by atoms with Crippen molar-refractivity contribution in [2.24, 2.45) is 0 Å². The van der Waals surface area contributed by atoms with Crippen molar-refractivity contribution < 1.29 is 33.3 Å². The number of ketones is 1. The van der Waals surface area contributed by atoms with Crippen LogP contribution in [0.1, 0.15) is 28.8 Å². The topological polar surface area (TPSA) is 116 Å². The number of aryl methyl sites for hydroxylation is 1. The van der Waals surface area contributed by atoms with Crippen LogP contribution < -0.4 is 14.2 Å². The van der Waals surface area contributed by atoms with Crippen molar-refractivity contribution in [3.63, 3.8) is 0 Å². The number of ether oxygens (including phenoxy) is 3. The number of hydrogen-bond donors (Lipinski definition) is 1. The van der Waals surface area contributed by atoms with Gasteiger partial charge < -0.3 is 28.6 Å². The number of fused-ring (bicyclic) bond motifs is 1. The Bertz CT molecular complexity index is 1510. The number of nitrogens with zero attached hydrogens (tertiary/aromatic N) is 3. The molecule has 0 spiro atoms. The van der Waals surface area contributed by atoms with E-state index in [1.165, 1.54) is 32.5 Å². The average Bonchev–Trinajstić information content (AvgIpc) is 3.60. The van der Waals surface area contributed by atoms with Crippen LogP contribution in [-0.4, -0.2) is 52.4 Å². The van der Waals surface area contributed by atoms with Gasteiger partial charge in [-0.1, -0.05) is 6.07 Å². The second-order valence-corrected chi connectivity index (χ2v) is 8.44. The van der Waals surface area contributed by atoms with E-state index in [1.807, 2.05) is 6.07 Å². The lowest BCUT2D eigenvalue weighted by atomic mass is 9.95. The normalized spacial score (nSPS) is 17.0. The molecule has 10 nitrogen and oxygen atoms in total. The second kappa shape index (κ2) is 9.38. The number of aliphatic hydroxyl groups excluding tert-OH is 1. The van der Waals surface area contributed by atoms with Gasteiger partial charge in [-0.15, -0.1) is 0 Å². The maximum absolute atomic E-state index is 13.5. The van der Waals surface area contributed by atoms with Crippen LogP contribution in [0.15, 0.2) is 64.9 Å². The molecule has 1 aromatic carbocycles. The molecule has 0 radical (unpaired) electrons. The van der Waals surface area contributed by atoms with E-state index in [0.717, 1.165) is 0 Å². The second-order valence-electron chi connectivity index (χ2n) is 8.44. The molecule has 3 aromatic heterocycles. The Kier molecular flexibility index (Phi) is 6.08. The predicted molar refractivity (Wildman–Crippen MR) is 133 cm³/mol. The first-order valence-electron chi connectivity index (χ1n) is 11.4. The third-order valence-electron chi connectivity index (χ3n) is 6.38. The zero-order valence-electron chi connectivity index (χ0n) is 20.7. The van der Waals surface area contributed by atoms with Gasteiger partial charge in [0.05, 0.1) is 51.4 Å². The molecule has 37 heavy (non-hydrogen) atoms. The highest BCUT2D eigenvalue weighted by Crippen LogP contribution is 2.46. The number of rotatable bonds is 7. The molecule has 1 N–H and O–H groups in total. The van der Waals surface area contributed by atoms with Crippen LogP contribution in [0.2, 0.25) is 0 Å². The van der Waals surface area contributed by atoms with Gasteiger partial charge in [-0.05, 0) is 48.9 Å². The fourth-order valence-electron chi connectivity index (χ4n) is 4.75. The lowest BCUT2D eigenvalue weighted by Crippen LogP contribution is -2.29. The number of Topliss-reactive ketones (excluding diaryl/α,β-unsaturated/α-hetero) is 1. The molecule has 1 fully saturated rings. The van der Waals surface area contributed by atoms with Crippen LogP contribution in [0.25, 0.3) is 11.4 Å². The summed E-state index contributed by atoms with van der Waals surface area (Å²) in [4.78, 5) is 32.7. The fraction of sp³-hybridized carbons (Fsp3) is 0.222. The van der Waals surface area contributed by atoms with Gasteiger partial charge in [-0.3, -0.25) is 14.0 Å². The summed E-state index contributed by atoms with van der Waals surface area (Å²) in [5.74, 6) is -0.427. The van der Waals surface area contributed by atoms with Gasteiger partial charge in [0.25, 0.3) is 11.7 Å². The molecule has 10 heteroatoms. The number of carbonyl (C=O) groups excluding carboxylic acids is 2. The Balaban J connectivity index is 1.77. The van der Waals surface area contributed by atoms with Gasteiger partial charge in [0, 0.05) is 6.20 Å². The van der Waals surface area contributed by atoms with Gasteiger partial charge in [0.2, 0.25) is 5.75 Å². The Morgan fingerprint density at radius 3 is 2.41 bits per heavy atom. The maximum atomic E-state index is 13.5. The van der Waals surface area contributed by atoms with Crippen LogP contribution in [0.5, 0.6) is 17.2 Å². The van der Waals surface area contributed by atoms with E-state index in [9.17, 15) is 14.7 Å². The Morgan fingerprint density at radius 2 is 1.78 bits per heavy atom. The molecule has 4 heterocycles. The van der Waals surface area contributed by atoms with Crippen molar-refractivity contribution in [1.82, 2.24) is 14.3 Å². The summed E-state index contributed by atoms with van der Waals surface area (Å²) in [5.41, 5.74) is 1.82. The van der Waals surface area contributed by atoms with Crippen LogP contribution in [0.3, 0.4) is 0 Å². The third kappa shape index (κ3) is 3.86. The predicted octanol–water partition coefficient (Wildman–Crippen LogP) is 3.88. The number of hydrogen-bond acceptors (Lipinski definition) is 8. The number of imidazole rings is 1. The minimum atomic E-state index is -0.979. The molecule has 1 amide bonds. The quantitative estimate of drug-likeness (QED) is 0.230. The zero-order chi connectivity index (χ0) is 26.3. The molecule has 1 aliphatic heterocycles. The van der Waals surface area contributed by atoms with Gasteiger partial charge in [-0.2, -0.15) is 0 Å². The van der Waals surface area contributed by atoms with Gasteiger partial charge in [0.1, 0.15) is 17.1 Å². The minimum Gasteiger partial charge on any atom is -0.505 e. The molecule has 0 bridgehead atoms. The Hall–Kier alpha value is -4.73. The van der Waals surface area contributed by atoms with Gasteiger partial charge in [-0.25, -0.2) is 4.98 Å². The molecular formula is C27H25N3O7. The molecule has 0 aliphatic carbocycles. The first kappa shape index (κ1) is 24.0. The summed E-state index contributed by atoms with van der Waals surface area (Å²) in [6.07, 6.45) is 3.22. The van der Waals surface area contributed by atoms with E-state index in [4.69, 9.17) is 18.6 Å². The van der Waals surface area contributed by atoms with Crippen LogP contribution in [-0.2, 0) is 16.1 Å². The van der Waals surface area contributed by atoms with Gasteiger partial charge in [0.15, 0.2) is 17.3 Å². The van der Waals surface area contributed by atoms with Crippen LogP contribution in [0.4, 0.5) is 0 Å². The summed E-state index contributed by atoms with van der Waals surface area (Å²) in [7, 11) is 4.43. The van der Waals surface area contributed by atoms with Gasteiger partial charge >= 0.3 is 0 Å². The van der Waals surface area contributed by atoms with Crippen molar-refractivity contribution in [1.29, 1.82) is 0 Å². The Labute approximate surface area is 212 Å². The number of carbonyl (C=O) groups is 2. The monoisotopic (exact) mass is 503 g/mol. The standard InChI is InChI=1S/C27H25N3O7/c1-15-22(29-10-6-5-9-20(29)28-15)24(31)21-23(16-12-18(34-2)26(36-4)19(13-16)35-3)30(27(33)25(21)32)14-17-8-7-11-37-17/h5-13,23,31H,14H2,1-4H3/b24-21+. The number of aromatic nitrogens is 2. The molecule has 190 valence electrons.